The lowest BCUT2D eigenvalue weighted by atomic mass is 10.0. The van der Waals surface area contributed by atoms with Gasteiger partial charge in [-0.2, -0.15) is 0 Å². The highest BCUT2D eigenvalue weighted by molar-refractivity contribution is 6.38. The van der Waals surface area contributed by atoms with Crippen LogP contribution in [0.15, 0.2) is 65.6 Å². The predicted molar refractivity (Wildman–Crippen MR) is 119 cm³/mol. The van der Waals surface area contributed by atoms with Gasteiger partial charge in [-0.25, -0.2) is 9.18 Å². The Morgan fingerprint density at radius 1 is 1.00 bits per heavy atom. The lowest BCUT2D eigenvalue weighted by Crippen LogP contribution is -2.25. The Hall–Kier alpha value is -3.42. The minimum atomic E-state index is -1.77. The van der Waals surface area contributed by atoms with Crippen molar-refractivity contribution < 1.29 is 24.2 Å². The third-order valence-corrected chi connectivity index (χ3v) is 5.06. The van der Waals surface area contributed by atoms with Crippen molar-refractivity contribution in [2.24, 2.45) is 0 Å². The normalized spacial score (nSPS) is 11.4. The second-order valence-electron chi connectivity index (χ2n) is 6.95. The van der Waals surface area contributed by atoms with Crippen LogP contribution in [0.1, 0.15) is 22.3 Å². The number of aliphatic hydroxyl groups excluding tert-OH is 1. The van der Waals surface area contributed by atoms with Crippen molar-refractivity contribution in [3.8, 4) is 0 Å². The average Bonchev–Trinajstić information content (AvgIpc) is 2.72. The van der Waals surface area contributed by atoms with Gasteiger partial charge in [-0.05, 0) is 53.4 Å². The van der Waals surface area contributed by atoms with E-state index in [1.54, 1.807) is 24.4 Å². The van der Waals surface area contributed by atoms with E-state index in [2.05, 4.69) is 0 Å². The third-order valence-electron chi connectivity index (χ3n) is 4.53. The Kier molecular flexibility index (Phi) is 7.12. The molecule has 2 N–H and O–H groups in total. The van der Waals surface area contributed by atoms with Gasteiger partial charge in [-0.15, -0.1) is 0 Å². The highest BCUT2D eigenvalue weighted by Crippen LogP contribution is 2.19. The Labute approximate surface area is 191 Å². The number of aromatic nitrogens is 1. The van der Waals surface area contributed by atoms with E-state index in [0.29, 0.717) is 28.6 Å². The fourth-order valence-corrected chi connectivity index (χ4v) is 3.49. The number of rotatable bonds is 7. The van der Waals surface area contributed by atoms with E-state index in [9.17, 15) is 23.9 Å². The van der Waals surface area contributed by atoms with Crippen LogP contribution in [0.25, 0.3) is 5.76 Å². The summed E-state index contributed by atoms with van der Waals surface area (Å²) >= 11 is 11.9. The molecule has 3 rings (SSSR count). The summed E-state index contributed by atoms with van der Waals surface area (Å²) in [5.74, 6) is -4.53. The summed E-state index contributed by atoms with van der Waals surface area (Å²) in [6, 6.07) is 12.4. The van der Waals surface area contributed by atoms with E-state index < -0.39 is 28.9 Å². The minimum absolute atomic E-state index is 0.00459. The zero-order chi connectivity index (χ0) is 23.4. The van der Waals surface area contributed by atoms with E-state index in [-0.39, 0.29) is 17.1 Å². The number of hydrogen-bond donors (Lipinski definition) is 2. The molecule has 0 unspecified atom stereocenters. The first-order valence-electron chi connectivity index (χ1n) is 9.24. The van der Waals surface area contributed by atoms with Crippen LogP contribution < -0.4 is 5.56 Å². The fraction of sp³-hybridized carbons (Fsp3) is 0.0870. The first-order chi connectivity index (χ1) is 15.1. The molecule has 2 aromatic carbocycles. The Bertz CT molecular complexity index is 1300. The number of aliphatic hydroxyl groups is 1. The van der Waals surface area contributed by atoms with Crippen LogP contribution in [0, 0.1) is 5.82 Å². The fourth-order valence-electron chi connectivity index (χ4n) is 3.08. The second kappa shape index (κ2) is 9.80. The molecule has 0 fully saturated rings. The predicted octanol–water partition coefficient (Wildman–Crippen LogP) is 4.49. The number of nitrogens with zero attached hydrogens (tertiary/aromatic N) is 1. The first-order valence-corrected chi connectivity index (χ1v) is 9.99. The molecule has 0 saturated heterocycles. The van der Waals surface area contributed by atoms with Gasteiger partial charge in [0.25, 0.3) is 11.3 Å². The van der Waals surface area contributed by atoms with Gasteiger partial charge < -0.3 is 14.8 Å². The molecule has 9 heteroatoms. The van der Waals surface area contributed by atoms with Gasteiger partial charge in [-0.1, -0.05) is 41.4 Å². The molecule has 0 saturated carbocycles. The van der Waals surface area contributed by atoms with E-state index in [1.165, 1.54) is 28.8 Å². The number of hydrogen-bond acceptors (Lipinski definition) is 4. The van der Waals surface area contributed by atoms with Gasteiger partial charge in [-0.3, -0.25) is 9.59 Å². The Balaban J connectivity index is 2.09. The van der Waals surface area contributed by atoms with Crippen molar-refractivity contribution in [3.63, 3.8) is 0 Å². The van der Waals surface area contributed by atoms with Gasteiger partial charge in [0.15, 0.2) is 0 Å². The zero-order valence-electron chi connectivity index (χ0n) is 16.4. The largest absolute Gasteiger partial charge is 0.507 e. The maximum atomic E-state index is 13.5. The molecule has 1 heterocycles. The molecule has 0 aliphatic carbocycles. The smallest absolute Gasteiger partial charge is 0.376 e. The van der Waals surface area contributed by atoms with Crippen molar-refractivity contribution in [3.05, 3.63) is 109 Å². The maximum Gasteiger partial charge on any atom is 0.376 e. The monoisotopic (exact) mass is 475 g/mol. The Morgan fingerprint density at radius 2 is 1.75 bits per heavy atom. The first kappa shape index (κ1) is 23.2. The van der Waals surface area contributed by atoms with Gasteiger partial charge in [0.05, 0.1) is 17.1 Å². The lowest BCUT2D eigenvalue weighted by molar-refractivity contribution is -0.146. The molecule has 0 radical (unpaired) electrons. The summed E-state index contributed by atoms with van der Waals surface area (Å²) in [4.78, 5) is 35.3. The number of carboxylic acid groups (broad SMARTS) is 1. The number of benzene rings is 2. The van der Waals surface area contributed by atoms with Gasteiger partial charge in [0.2, 0.25) is 0 Å². The van der Waals surface area contributed by atoms with E-state index in [0.717, 1.165) is 5.56 Å². The summed E-state index contributed by atoms with van der Waals surface area (Å²) in [5.41, 5.74) is 0.996. The van der Waals surface area contributed by atoms with E-state index in [4.69, 9.17) is 28.3 Å². The molecule has 0 aliphatic rings. The number of carbonyl (C=O) groups is 2. The van der Waals surface area contributed by atoms with Crippen LogP contribution in [0.3, 0.4) is 0 Å². The molecule has 6 nitrogen and oxygen atoms in total. The number of carboxylic acids is 1. The summed E-state index contributed by atoms with van der Waals surface area (Å²) in [6.07, 6.45) is 2.36. The molecule has 0 atom stereocenters. The van der Waals surface area contributed by atoms with Gasteiger partial charge in [0.1, 0.15) is 11.6 Å². The van der Waals surface area contributed by atoms with Crippen LogP contribution in [0.2, 0.25) is 10.0 Å². The second-order valence-corrected chi connectivity index (χ2v) is 7.79. The van der Waals surface area contributed by atoms with Crippen LogP contribution in [0.5, 0.6) is 0 Å². The molecule has 32 heavy (non-hydrogen) atoms. The molecule has 0 amide bonds. The Morgan fingerprint density at radius 3 is 2.41 bits per heavy atom. The lowest BCUT2D eigenvalue weighted by Gasteiger charge is -2.13. The van der Waals surface area contributed by atoms with Gasteiger partial charge in [0, 0.05) is 17.3 Å². The van der Waals surface area contributed by atoms with Crippen LogP contribution in [-0.2, 0) is 22.6 Å². The van der Waals surface area contributed by atoms with Crippen LogP contribution in [-0.4, -0.2) is 26.5 Å². The molecular weight excluding hydrogens is 460 g/mol. The van der Waals surface area contributed by atoms with Crippen molar-refractivity contribution in [1.82, 2.24) is 4.57 Å². The number of halogens is 3. The van der Waals surface area contributed by atoms with Crippen molar-refractivity contribution >= 4 is 40.7 Å². The third kappa shape index (κ3) is 5.63. The molecule has 164 valence electrons. The quantitative estimate of drug-likeness (QED) is 0.298. The molecule has 3 aromatic rings. The summed E-state index contributed by atoms with van der Waals surface area (Å²) < 4.78 is 14.7. The van der Waals surface area contributed by atoms with Crippen molar-refractivity contribution in [2.75, 3.05) is 0 Å². The number of aliphatic carboxylic acids is 1. The topological polar surface area (TPSA) is 96.6 Å². The van der Waals surface area contributed by atoms with Gasteiger partial charge >= 0.3 is 5.97 Å². The molecular formula is C23H16Cl2FNO5. The summed E-state index contributed by atoms with van der Waals surface area (Å²) in [5, 5.41) is 19.5. The number of pyridine rings is 1. The van der Waals surface area contributed by atoms with Crippen molar-refractivity contribution in [2.45, 2.75) is 13.0 Å². The minimum Gasteiger partial charge on any atom is -0.507 e. The average molecular weight is 476 g/mol. The SMILES string of the molecule is O=C(O)C(=O)/C=C(\O)c1cc(Cc2cccc(Cl)c2)cn(Cc2ccc(F)c(Cl)c2)c1=O. The van der Waals surface area contributed by atoms with Crippen LogP contribution in [0.4, 0.5) is 4.39 Å². The summed E-state index contributed by atoms with van der Waals surface area (Å²) in [6.45, 7) is -0.00459. The highest BCUT2D eigenvalue weighted by Gasteiger charge is 2.16. The number of ketones is 1. The molecule has 0 aliphatic heterocycles. The van der Waals surface area contributed by atoms with E-state index >= 15 is 0 Å². The molecule has 1 aromatic heterocycles. The highest BCUT2D eigenvalue weighted by atomic mass is 35.5. The van der Waals surface area contributed by atoms with Crippen LogP contribution >= 0.6 is 23.2 Å². The number of carbonyl (C=O) groups excluding carboxylic acids is 1. The van der Waals surface area contributed by atoms with E-state index in [1.807, 2.05) is 6.07 Å². The molecule has 0 spiro atoms. The molecule has 0 bridgehead atoms. The zero-order valence-corrected chi connectivity index (χ0v) is 17.9. The summed E-state index contributed by atoms with van der Waals surface area (Å²) in [7, 11) is 0. The standard InChI is InChI=1S/C23H16Cl2FNO5/c24-16-3-1-2-13(7-16)6-15-8-17(20(28)10-21(29)23(31)32)22(30)27(12-15)11-14-4-5-19(26)18(25)9-14/h1-5,7-10,12,28H,6,11H2,(H,31,32)/b20-10-. The van der Waals surface area contributed by atoms with Crippen molar-refractivity contribution in [1.29, 1.82) is 0 Å². The maximum absolute atomic E-state index is 13.5.